The first kappa shape index (κ1) is 33.6. The maximum absolute atomic E-state index is 14.8. The van der Waals surface area contributed by atoms with Gasteiger partial charge in [-0.2, -0.15) is 4.39 Å². The van der Waals surface area contributed by atoms with Gasteiger partial charge in [-0.25, -0.2) is 14.4 Å². The number of amides is 2. The second-order valence-corrected chi connectivity index (χ2v) is 10.6. The zero-order chi connectivity index (χ0) is 33.4. The molecule has 0 aliphatic carbocycles. The average molecular weight is 637 g/mol. The van der Waals surface area contributed by atoms with Gasteiger partial charge in [0.2, 0.25) is 11.7 Å². The molecule has 0 saturated heterocycles. The predicted octanol–water partition coefficient (Wildman–Crippen LogP) is 2.81. The largest absolute Gasteiger partial charge is 0.494 e. The Labute approximate surface area is 264 Å². The molecular weight excluding hydrogens is 598 g/mol. The Morgan fingerprint density at radius 1 is 1.13 bits per heavy atom. The van der Waals surface area contributed by atoms with Crippen LogP contribution >= 0.6 is 0 Å². The minimum absolute atomic E-state index is 0.0158. The van der Waals surface area contributed by atoms with E-state index < -0.39 is 17.7 Å². The number of aryl methyl sites for hydroxylation is 1. The number of nitrogens with zero attached hydrogens (tertiary/aromatic N) is 3. The minimum atomic E-state index is -1.09. The molecule has 0 aliphatic heterocycles. The Morgan fingerprint density at radius 2 is 1.91 bits per heavy atom. The van der Waals surface area contributed by atoms with Crippen LogP contribution in [0.2, 0.25) is 0 Å². The third-order valence-electron chi connectivity index (χ3n) is 7.27. The molecule has 2 amide bonds. The van der Waals surface area contributed by atoms with E-state index >= 15 is 0 Å². The van der Waals surface area contributed by atoms with Gasteiger partial charge in [0.1, 0.15) is 0 Å². The summed E-state index contributed by atoms with van der Waals surface area (Å²) in [6.45, 7) is 4.33. The Balaban J connectivity index is 1.40. The molecular formula is C31H38F2N10O3. The van der Waals surface area contributed by atoms with E-state index in [2.05, 4.69) is 31.2 Å². The zero-order valence-corrected chi connectivity index (χ0v) is 25.8. The number of guanidine groups is 1. The van der Waals surface area contributed by atoms with Crippen LogP contribution in [0.25, 0.3) is 16.9 Å². The van der Waals surface area contributed by atoms with Gasteiger partial charge in [-0.3, -0.25) is 19.4 Å². The molecule has 4 rings (SSSR count). The van der Waals surface area contributed by atoms with E-state index in [9.17, 15) is 18.4 Å². The molecule has 0 fully saturated rings. The molecule has 15 heteroatoms. The lowest BCUT2D eigenvalue weighted by Gasteiger charge is -2.19. The molecule has 4 aromatic rings. The normalized spacial score (nSPS) is 12.3. The third-order valence-corrected chi connectivity index (χ3v) is 7.27. The van der Waals surface area contributed by atoms with Crippen LogP contribution in [0.4, 0.5) is 20.3 Å². The van der Waals surface area contributed by atoms with Crippen molar-refractivity contribution in [1.82, 2.24) is 30.3 Å². The Bertz CT molecular complexity index is 1730. The third kappa shape index (κ3) is 7.85. The summed E-state index contributed by atoms with van der Waals surface area (Å²) in [5.74, 6) is -2.73. The van der Waals surface area contributed by atoms with E-state index in [-0.39, 0.29) is 41.7 Å². The maximum atomic E-state index is 14.8. The topological polar surface area (TPSA) is 198 Å². The van der Waals surface area contributed by atoms with E-state index in [1.807, 2.05) is 13.0 Å². The smallest absolute Gasteiger partial charge is 0.251 e. The first-order chi connectivity index (χ1) is 22.0. The van der Waals surface area contributed by atoms with Crippen molar-refractivity contribution in [3.05, 3.63) is 71.7 Å². The van der Waals surface area contributed by atoms with Gasteiger partial charge >= 0.3 is 0 Å². The second kappa shape index (κ2) is 15.1. The number of imidazole rings is 1. The van der Waals surface area contributed by atoms with Gasteiger partial charge in [0, 0.05) is 48.3 Å². The molecule has 2 unspecified atom stereocenters. The zero-order valence-electron chi connectivity index (χ0n) is 25.8. The number of rotatable bonds is 14. The van der Waals surface area contributed by atoms with Gasteiger partial charge in [0.05, 0.1) is 25.0 Å². The van der Waals surface area contributed by atoms with Crippen molar-refractivity contribution in [2.45, 2.75) is 45.2 Å². The number of fused-ring (bicyclic) bond motifs is 1. The van der Waals surface area contributed by atoms with Crippen molar-refractivity contribution < 1.29 is 23.1 Å². The van der Waals surface area contributed by atoms with Crippen LogP contribution in [0.3, 0.4) is 0 Å². The molecule has 46 heavy (non-hydrogen) atoms. The lowest BCUT2D eigenvalue weighted by molar-refractivity contribution is -0.123. The standard InChI is InChI=1S/C31H38F2N10O3/c1-4-18-14-19(7-8-20(18)29(44)40-15-17(2)41-30(45)22(34)6-5-11-38-31(35)36)42-27-28-39-16-23(43(28)13-12-37-27)21-9-10-24(46-3)26(33)25(21)32/h7-10,12-14,16-17,22H,4-6,11,15,34H2,1-3H3,(H,37,42)(H,40,44)(H,41,45)(H4,35,36,38). The monoisotopic (exact) mass is 636 g/mol. The first-order valence-corrected chi connectivity index (χ1v) is 14.7. The van der Waals surface area contributed by atoms with Gasteiger partial charge in [0.15, 0.2) is 29.0 Å². The summed E-state index contributed by atoms with van der Waals surface area (Å²) < 4.78 is 35.7. The SMILES string of the molecule is CCc1cc(Nc2nccn3c(-c4ccc(OC)c(F)c4F)cnc23)ccc1C(=O)NCC(C)NC(=O)C(N)CCCNC(=N)N. The molecule has 2 aromatic heterocycles. The van der Waals surface area contributed by atoms with E-state index in [1.165, 1.54) is 31.6 Å². The van der Waals surface area contributed by atoms with Crippen molar-refractivity contribution in [3.63, 3.8) is 0 Å². The Kier molecular flexibility index (Phi) is 11.0. The van der Waals surface area contributed by atoms with Gasteiger partial charge in [-0.15, -0.1) is 0 Å². The van der Waals surface area contributed by atoms with Crippen molar-refractivity contribution >= 4 is 34.9 Å². The molecule has 13 nitrogen and oxygen atoms in total. The first-order valence-electron chi connectivity index (χ1n) is 14.7. The molecule has 0 bridgehead atoms. The fourth-order valence-corrected chi connectivity index (χ4v) is 4.83. The number of hydrogen-bond acceptors (Lipinski definition) is 8. The molecule has 0 aliphatic rings. The summed E-state index contributed by atoms with van der Waals surface area (Å²) in [5.41, 5.74) is 13.8. The minimum Gasteiger partial charge on any atom is -0.494 e. The summed E-state index contributed by atoms with van der Waals surface area (Å²) in [6, 6.07) is 6.94. The number of carbonyl (C=O) groups excluding carboxylic acids is 2. The summed E-state index contributed by atoms with van der Waals surface area (Å²) in [5, 5.41) is 18.7. The highest BCUT2D eigenvalue weighted by atomic mass is 19.2. The number of anilines is 2. The number of ether oxygens (including phenoxy) is 1. The molecule has 2 atom stereocenters. The van der Waals surface area contributed by atoms with Crippen LogP contribution in [0.5, 0.6) is 5.75 Å². The lowest BCUT2D eigenvalue weighted by Crippen LogP contribution is -2.48. The van der Waals surface area contributed by atoms with Crippen LogP contribution in [0.15, 0.2) is 48.9 Å². The van der Waals surface area contributed by atoms with Crippen LogP contribution in [-0.2, 0) is 11.2 Å². The van der Waals surface area contributed by atoms with Gasteiger partial charge in [-0.1, -0.05) is 6.92 Å². The molecule has 0 spiro atoms. The highest BCUT2D eigenvalue weighted by Gasteiger charge is 2.20. The van der Waals surface area contributed by atoms with E-state index in [1.54, 1.807) is 29.7 Å². The molecule has 9 N–H and O–H groups in total. The summed E-state index contributed by atoms with van der Waals surface area (Å²) in [7, 11) is 1.26. The number of hydrogen-bond donors (Lipinski definition) is 7. The molecule has 0 saturated carbocycles. The van der Waals surface area contributed by atoms with Crippen molar-refractivity contribution in [3.8, 4) is 17.0 Å². The highest BCUT2D eigenvalue weighted by Crippen LogP contribution is 2.31. The summed E-state index contributed by atoms with van der Waals surface area (Å²) >= 11 is 0. The van der Waals surface area contributed by atoms with Gasteiger partial charge < -0.3 is 37.5 Å². The quantitative estimate of drug-likeness (QED) is 0.0618. The molecule has 0 radical (unpaired) electrons. The maximum Gasteiger partial charge on any atom is 0.251 e. The van der Waals surface area contributed by atoms with E-state index in [0.717, 1.165) is 5.56 Å². The van der Waals surface area contributed by atoms with Crippen LogP contribution in [0.1, 0.15) is 42.6 Å². The van der Waals surface area contributed by atoms with Gasteiger partial charge in [-0.05, 0) is 62.1 Å². The van der Waals surface area contributed by atoms with Crippen molar-refractivity contribution in [2.75, 3.05) is 25.5 Å². The number of carbonyl (C=O) groups is 2. The fourth-order valence-electron chi connectivity index (χ4n) is 4.83. The number of methoxy groups -OCH3 is 1. The number of nitrogens with one attached hydrogen (secondary N) is 5. The number of nitrogens with two attached hydrogens (primary N) is 2. The van der Waals surface area contributed by atoms with Crippen LogP contribution < -0.4 is 37.5 Å². The fraction of sp³-hybridized carbons (Fsp3) is 0.323. The molecule has 244 valence electrons. The van der Waals surface area contributed by atoms with Crippen LogP contribution in [0, 0.1) is 17.0 Å². The summed E-state index contributed by atoms with van der Waals surface area (Å²) in [6.07, 6.45) is 6.09. The average Bonchev–Trinajstić information content (AvgIpc) is 3.47. The summed E-state index contributed by atoms with van der Waals surface area (Å²) in [4.78, 5) is 34.2. The van der Waals surface area contributed by atoms with Crippen LogP contribution in [-0.4, -0.2) is 64.4 Å². The number of benzene rings is 2. The number of halogens is 2. The van der Waals surface area contributed by atoms with Crippen molar-refractivity contribution in [1.29, 1.82) is 5.41 Å². The van der Waals surface area contributed by atoms with Gasteiger partial charge in [0.25, 0.3) is 5.91 Å². The van der Waals surface area contributed by atoms with Crippen molar-refractivity contribution in [2.24, 2.45) is 11.5 Å². The number of aromatic nitrogens is 3. The van der Waals surface area contributed by atoms with E-state index in [0.29, 0.717) is 54.2 Å². The highest BCUT2D eigenvalue weighted by molar-refractivity contribution is 5.96. The lowest BCUT2D eigenvalue weighted by atomic mass is 10.0. The molecule has 2 heterocycles. The molecule has 2 aromatic carbocycles. The second-order valence-electron chi connectivity index (χ2n) is 10.6. The van der Waals surface area contributed by atoms with E-state index in [4.69, 9.17) is 21.6 Å². The Morgan fingerprint density at radius 3 is 2.63 bits per heavy atom. The Hall–Kier alpha value is -5.31. The predicted molar refractivity (Wildman–Crippen MR) is 171 cm³/mol.